The molecule has 4 N–H and O–H groups in total. The predicted molar refractivity (Wildman–Crippen MR) is 165 cm³/mol. The summed E-state index contributed by atoms with van der Waals surface area (Å²) in [6.07, 6.45) is -1.20. The maximum atomic E-state index is 13.9. The summed E-state index contributed by atoms with van der Waals surface area (Å²) < 4.78 is 39.8. The van der Waals surface area contributed by atoms with Crippen molar-refractivity contribution in [3.63, 3.8) is 0 Å². The number of nitrogens with zero attached hydrogens (tertiary/aromatic N) is 2. The summed E-state index contributed by atoms with van der Waals surface area (Å²) in [5, 5.41) is 24.8. The molecule has 0 aromatic heterocycles. The van der Waals surface area contributed by atoms with Crippen LogP contribution in [0.3, 0.4) is 0 Å². The third-order valence-electron chi connectivity index (χ3n) is 6.77. The largest absolute Gasteiger partial charge is 0.454 e. The fourth-order valence-corrected chi connectivity index (χ4v) is 6.41. The van der Waals surface area contributed by atoms with Crippen molar-refractivity contribution in [1.29, 1.82) is 0 Å². The van der Waals surface area contributed by atoms with Gasteiger partial charge in [-0.3, -0.25) is 15.0 Å². The van der Waals surface area contributed by atoms with Gasteiger partial charge in [-0.2, -0.15) is 4.31 Å². The second-order valence-electron chi connectivity index (χ2n) is 12.5. The first-order valence-corrected chi connectivity index (χ1v) is 16.2. The van der Waals surface area contributed by atoms with Gasteiger partial charge in [0, 0.05) is 32.1 Å². The van der Waals surface area contributed by atoms with Gasteiger partial charge in [0.2, 0.25) is 22.7 Å². The lowest BCUT2D eigenvalue weighted by molar-refractivity contribution is -0.149. The Labute approximate surface area is 260 Å². The van der Waals surface area contributed by atoms with Crippen LogP contribution >= 0.6 is 0 Å². The Balaban J connectivity index is 1.99. The fourth-order valence-electron chi connectivity index (χ4n) is 4.77. The van der Waals surface area contributed by atoms with Crippen LogP contribution < -0.4 is 20.2 Å². The fraction of sp³-hybridized carbons (Fsp3) is 0.548. The maximum absolute atomic E-state index is 13.9. The molecule has 2 atom stereocenters. The first-order chi connectivity index (χ1) is 20.7. The Morgan fingerprint density at radius 1 is 1.02 bits per heavy atom. The molecule has 0 aliphatic carbocycles. The topological polar surface area (TPSA) is 158 Å². The first-order valence-electron chi connectivity index (χ1n) is 14.8. The molecule has 13 heteroatoms. The molecule has 0 saturated carbocycles. The van der Waals surface area contributed by atoms with E-state index in [4.69, 9.17) is 14.6 Å². The molecule has 0 fully saturated rings. The monoisotopic (exact) mass is 634 g/mol. The number of nitrogens with one attached hydrogen (secondary N) is 2. The van der Waals surface area contributed by atoms with E-state index >= 15 is 0 Å². The predicted octanol–water partition coefficient (Wildman–Crippen LogP) is 1.91. The molecule has 3 rings (SSSR count). The summed E-state index contributed by atoms with van der Waals surface area (Å²) in [6, 6.07) is 12.5. The van der Waals surface area contributed by atoms with Crippen LogP contribution in [-0.4, -0.2) is 91.5 Å². The molecule has 0 radical (unpaired) electrons. The molecule has 0 unspecified atom stereocenters. The van der Waals surface area contributed by atoms with Crippen LogP contribution in [0.25, 0.3) is 0 Å². The zero-order valence-electron chi connectivity index (χ0n) is 26.2. The molecular weight excluding hydrogens is 588 g/mol. The number of ether oxygens (including phenoxy) is 2. The SMILES string of the molecule is CC(C)CN(C[C@@H](O)[C@H](Cc1ccccc1)N(NC(=O)CNCCO)C(=O)CC(C)(C)C)S(=O)(=O)c1ccc2c(c1)OCO2. The molecule has 2 aromatic carbocycles. The highest BCUT2D eigenvalue weighted by atomic mass is 32.2. The number of carbonyl (C=O) groups excluding carboxylic acids is 2. The third kappa shape index (κ3) is 10.2. The molecular formula is C31H46N4O8S. The quantitative estimate of drug-likeness (QED) is 0.170. The smallest absolute Gasteiger partial charge is 0.252 e. The minimum atomic E-state index is -4.12. The van der Waals surface area contributed by atoms with Crippen LogP contribution in [0.1, 0.15) is 46.6 Å². The van der Waals surface area contributed by atoms with Crippen LogP contribution in [0.15, 0.2) is 53.4 Å². The second kappa shape index (κ2) is 15.7. The van der Waals surface area contributed by atoms with E-state index in [0.29, 0.717) is 11.5 Å². The van der Waals surface area contributed by atoms with E-state index in [2.05, 4.69) is 10.7 Å². The van der Waals surface area contributed by atoms with Crippen molar-refractivity contribution in [2.24, 2.45) is 11.3 Å². The molecule has 244 valence electrons. The Bertz CT molecular complexity index is 1350. The van der Waals surface area contributed by atoms with Crippen molar-refractivity contribution in [2.75, 3.05) is 39.6 Å². The van der Waals surface area contributed by atoms with Gasteiger partial charge in [-0.1, -0.05) is 65.0 Å². The van der Waals surface area contributed by atoms with Crippen molar-refractivity contribution >= 4 is 21.8 Å². The molecule has 1 aliphatic rings. The zero-order valence-corrected chi connectivity index (χ0v) is 27.0. The van der Waals surface area contributed by atoms with Gasteiger partial charge in [0.25, 0.3) is 5.91 Å². The van der Waals surface area contributed by atoms with Crippen LogP contribution in [-0.2, 0) is 26.0 Å². The van der Waals surface area contributed by atoms with E-state index in [9.17, 15) is 23.1 Å². The number of hydrogen-bond acceptors (Lipinski definition) is 9. The summed E-state index contributed by atoms with van der Waals surface area (Å²) in [7, 11) is -4.12. The van der Waals surface area contributed by atoms with E-state index in [-0.39, 0.29) is 63.2 Å². The lowest BCUT2D eigenvalue weighted by Crippen LogP contribution is -2.60. The van der Waals surface area contributed by atoms with Gasteiger partial charge in [0.15, 0.2) is 11.5 Å². The number of hydrazine groups is 1. The third-order valence-corrected chi connectivity index (χ3v) is 8.60. The van der Waals surface area contributed by atoms with Crippen LogP contribution in [0, 0.1) is 11.3 Å². The Kier molecular flexibility index (Phi) is 12.6. The van der Waals surface area contributed by atoms with Crippen LogP contribution in [0.5, 0.6) is 11.5 Å². The Morgan fingerprint density at radius 3 is 2.34 bits per heavy atom. The molecule has 1 heterocycles. The standard InChI is InChI=1S/C31H46N4O8S/c1-22(2)19-34(44(40,41)24-11-12-27-28(16-24)43-21-42-27)20-26(37)25(15-23-9-7-6-8-10-23)35(30(39)17-31(3,4)5)33-29(38)18-32-13-14-36/h6-12,16,22,25-26,32,36-37H,13-15,17-21H2,1-5H3,(H,33,38)/t25-,26+/m0/s1. The summed E-state index contributed by atoms with van der Waals surface area (Å²) in [4.78, 5) is 26.6. The summed E-state index contributed by atoms with van der Waals surface area (Å²) in [6.45, 7) is 8.99. The second-order valence-corrected chi connectivity index (χ2v) is 14.4. The van der Waals surface area contributed by atoms with Gasteiger partial charge in [0.05, 0.1) is 30.2 Å². The molecule has 2 amide bonds. The molecule has 0 bridgehead atoms. The molecule has 1 aliphatic heterocycles. The molecule has 2 aromatic rings. The van der Waals surface area contributed by atoms with Gasteiger partial charge >= 0.3 is 0 Å². The van der Waals surface area contributed by atoms with Crippen molar-refractivity contribution in [2.45, 2.75) is 64.5 Å². The van der Waals surface area contributed by atoms with Gasteiger partial charge < -0.3 is 25.0 Å². The Morgan fingerprint density at radius 2 is 1.70 bits per heavy atom. The van der Waals surface area contributed by atoms with Crippen molar-refractivity contribution < 1.29 is 37.7 Å². The van der Waals surface area contributed by atoms with Crippen LogP contribution in [0.4, 0.5) is 0 Å². The number of aliphatic hydroxyl groups excluding tert-OH is 2. The van der Waals surface area contributed by atoms with Gasteiger partial charge in [-0.15, -0.1) is 0 Å². The summed E-state index contributed by atoms with van der Waals surface area (Å²) >= 11 is 0. The number of benzene rings is 2. The molecule has 0 saturated heterocycles. The number of rotatable bonds is 15. The minimum absolute atomic E-state index is 0.00586. The highest BCUT2D eigenvalue weighted by Gasteiger charge is 2.37. The highest BCUT2D eigenvalue weighted by molar-refractivity contribution is 7.89. The minimum Gasteiger partial charge on any atom is -0.454 e. The van der Waals surface area contributed by atoms with E-state index in [0.717, 1.165) is 10.6 Å². The number of amides is 2. The lowest BCUT2D eigenvalue weighted by atomic mass is 9.91. The highest BCUT2D eigenvalue weighted by Crippen LogP contribution is 2.35. The van der Waals surface area contributed by atoms with Crippen molar-refractivity contribution in [3.05, 3.63) is 54.1 Å². The van der Waals surface area contributed by atoms with Gasteiger partial charge in [-0.05, 0) is 35.4 Å². The number of hydrogen-bond donors (Lipinski definition) is 4. The maximum Gasteiger partial charge on any atom is 0.252 e. The molecule has 0 spiro atoms. The molecule has 44 heavy (non-hydrogen) atoms. The van der Waals surface area contributed by atoms with E-state index in [1.165, 1.54) is 22.5 Å². The Hall–Kier alpha value is -3.23. The number of carbonyl (C=O) groups is 2. The van der Waals surface area contributed by atoms with Gasteiger partial charge in [-0.25, -0.2) is 13.4 Å². The van der Waals surface area contributed by atoms with Crippen molar-refractivity contribution in [1.82, 2.24) is 20.1 Å². The van der Waals surface area contributed by atoms with E-state index < -0.39 is 39.4 Å². The normalized spacial score (nSPS) is 14.5. The summed E-state index contributed by atoms with van der Waals surface area (Å²) in [5.74, 6) is -0.302. The van der Waals surface area contributed by atoms with Gasteiger partial charge in [0.1, 0.15) is 0 Å². The average Bonchev–Trinajstić information content (AvgIpc) is 3.42. The number of aliphatic hydroxyl groups is 2. The number of sulfonamides is 1. The first kappa shape index (κ1) is 35.3. The van der Waals surface area contributed by atoms with Crippen LogP contribution in [0.2, 0.25) is 0 Å². The number of fused-ring (bicyclic) bond motifs is 1. The lowest BCUT2D eigenvalue weighted by Gasteiger charge is -2.38. The molecule has 12 nitrogen and oxygen atoms in total. The summed E-state index contributed by atoms with van der Waals surface area (Å²) in [5.41, 5.74) is 3.00. The van der Waals surface area contributed by atoms with E-state index in [1.807, 2.05) is 65.0 Å². The zero-order chi connectivity index (χ0) is 32.5. The van der Waals surface area contributed by atoms with Crippen molar-refractivity contribution in [3.8, 4) is 11.5 Å². The van der Waals surface area contributed by atoms with E-state index in [1.54, 1.807) is 0 Å². The average molecular weight is 635 g/mol.